The fourth-order valence-corrected chi connectivity index (χ4v) is 7.88. The zero-order chi connectivity index (χ0) is 19.2. The molecule has 1 aromatic heterocycles. The predicted molar refractivity (Wildman–Crippen MR) is 102 cm³/mol. The Morgan fingerprint density at radius 3 is 2.70 bits per heavy atom. The Kier molecular flexibility index (Phi) is 3.71. The Morgan fingerprint density at radius 2 is 2.00 bits per heavy atom. The normalized spacial score (nSPS) is 48.0. The Hall–Kier alpha value is -1.28. The van der Waals surface area contributed by atoms with Gasteiger partial charge in [-0.05, 0) is 42.6 Å². The van der Waals surface area contributed by atoms with E-state index in [0.29, 0.717) is 12.0 Å². The van der Waals surface area contributed by atoms with Gasteiger partial charge in [0.2, 0.25) is 0 Å². The van der Waals surface area contributed by atoms with E-state index in [4.69, 9.17) is 4.98 Å². The zero-order valence-corrected chi connectivity index (χ0v) is 16.4. The molecule has 6 nitrogen and oxygen atoms in total. The van der Waals surface area contributed by atoms with Crippen molar-refractivity contribution in [1.29, 1.82) is 0 Å². The second-order valence-corrected chi connectivity index (χ2v) is 9.90. The molecule has 0 radical (unpaired) electrons. The van der Waals surface area contributed by atoms with E-state index in [1.54, 1.807) is 11.3 Å². The number of hydrogen-bond donors (Lipinski definition) is 4. The van der Waals surface area contributed by atoms with Crippen molar-refractivity contribution in [2.24, 2.45) is 29.1 Å². The maximum atomic E-state index is 13.3. The molecule has 5 rings (SSSR count). The number of ketones is 1. The van der Waals surface area contributed by atoms with Crippen molar-refractivity contribution in [3.8, 4) is 0 Å². The van der Waals surface area contributed by atoms with Crippen LogP contribution in [0.15, 0.2) is 12.2 Å². The van der Waals surface area contributed by atoms with Crippen molar-refractivity contribution in [2.45, 2.75) is 50.4 Å². The molecule has 146 valence electrons. The molecule has 7 heteroatoms. The quantitative estimate of drug-likeness (QED) is 0.540. The van der Waals surface area contributed by atoms with Gasteiger partial charge in [0.25, 0.3) is 0 Å². The van der Waals surface area contributed by atoms with Gasteiger partial charge in [-0.2, -0.15) is 0 Å². The predicted octanol–water partition coefficient (Wildman–Crippen LogP) is 1.32. The van der Waals surface area contributed by atoms with Gasteiger partial charge in [-0.1, -0.05) is 13.5 Å². The molecule has 27 heavy (non-hydrogen) atoms. The van der Waals surface area contributed by atoms with Gasteiger partial charge in [-0.15, -0.1) is 11.3 Å². The first kappa shape index (κ1) is 17.8. The lowest BCUT2D eigenvalue weighted by atomic mass is 9.47. The van der Waals surface area contributed by atoms with Gasteiger partial charge in [0.05, 0.1) is 29.4 Å². The zero-order valence-electron chi connectivity index (χ0n) is 15.6. The molecule has 9 atom stereocenters. The first-order valence-corrected chi connectivity index (χ1v) is 10.6. The minimum absolute atomic E-state index is 0.133. The van der Waals surface area contributed by atoms with Crippen LogP contribution >= 0.6 is 11.3 Å². The van der Waals surface area contributed by atoms with Crippen LogP contribution in [-0.4, -0.2) is 51.4 Å². The van der Waals surface area contributed by atoms with Crippen LogP contribution in [0, 0.1) is 29.1 Å². The van der Waals surface area contributed by atoms with E-state index in [0.717, 1.165) is 23.7 Å². The SMILES string of the molecule is C=C1C(=O)C23C(O)C1CCC2C1c2nc(NC)sc2CC(C)C1C(O)C3O. The first-order chi connectivity index (χ1) is 12.8. The summed E-state index contributed by atoms with van der Waals surface area (Å²) >= 11 is 1.62. The Morgan fingerprint density at radius 1 is 1.26 bits per heavy atom. The molecule has 4 aliphatic rings. The van der Waals surface area contributed by atoms with E-state index in [1.807, 2.05) is 7.05 Å². The molecular weight excluding hydrogens is 364 g/mol. The number of rotatable bonds is 1. The van der Waals surface area contributed by atoms with E-state index >= 15 is 0 Å². The maximum absolute atomic E-state index is 13.3. The number of aliphatic hydroxyl groups excluding tert-OH is 3. The van der Waals surface area contributed by atoms with Crippen LogP contribution in [0.2, 0.25) is 0 Å². The average Bonchev–Trinajstić information content (AvgIpc) is 3.10. The fourth-order valence-electron chi connectivity index (χ4n) is 6.77. The molecule has 4 N–H and O–H groups in total. The molecule has 9 unspecified atom stereocenters. The molecule has 3 fully saturated rings. The van der Waals surface area contributed by atoms with Crippen LogP contribution in [0.1, 0.15) is 36.3 Å². The van der Waals surface area contributed by atoms with Crippen molar-refractivity contribution in [3.05, 3.63) is 22.7 Å². The number of thiazole rings is 1. The molecule has 4 aliphatic carbocycles. The third-order valence-corrected chi connectivity index (χ3v) is 8.99. The van der Waals surface area contributed by atoms with Crippen LogP contribution in [-0.2, 0) is 11.2 Å². The summed E-state index contributed by atoms with van der Waals surface area (Å²) in [5, 5.41) is 37.3. The van der Waals surface area contributed by atoms with E-state index in [-0.39, 0.29) is 35.4 Å². The topological polar surface area (TPSA) is 103 Å². The molecule has 2 bridgehead atoms. The first-order valence-electron chi connectivity index (χ1n) is 9.79. The number of anilines is 1. The molecular formula is C20H26N2O4S. The summed E-state index contributed by atoms with van der Waals surface area (Å²) in [5.74, 6) is -0.921. The van der Waals surface area contributed by atoms with Crippen LogP contribution in [0.25, 0.3) is 0 Å². The lowest BCUT2D eigenvalue weighted by Gasteiger charge is -2.58. The average molecular weight is 391 g/mol. The highest BCUT2D eigenvalue weighted by Gasteiger charge is 2.73. The van der Waals surface area contributed by atoms with E-state index in [2.05, 4.69) is 18.8 Å². The number of aliphatic hydroxyl groups is 3. The van der Waals surface area contributed by atoms with Crippen LogP contribution < -0.4 is 5.32 Å². The summed E-state index contributed by atoms with van der Waals surface area (Å²) < 4.78 is 0. The number of Topliss-reactive ketones (excluding diaryl/α,β-unsaturated/α-hetero) is 1. The molecule has 0 aromatic carbocycles. The number of carbonyl (C=O) groups excluding carboxylic acids is 1. The number of nitrogens with one attached hydrogen (secondary N) is 1. The van der Waals surface area contributed by atoms with Crippen molar-refractivity contribution >= 4 is 22.3 Å². The lowest BCUT2D eigenvalue weighted by molar-refractivity contribution is -0.212. The summed E-state index contributed by atoms with van der Waals surface area (Å²) in [7, 11) is 1.84. The van der Waals surface area contributed by atoms with Crippen LogP contribution in [0.4, 0.5) is 5.13 Å². The highest BCUT2D eigenvalue weighted by molar-refractivity contribution is 7.15. The number of fused-ring (bicyclic) bond motifs is 5. The summed E-state index contributed by atoms with van der Waals surface area (Å²) in [6.45, 7) is 6.03. The third kappa shape index (κ3) is 1.91. The van der Waals surface area contributed by atoms with Crippen LogP contribution in [0.3, 0.4) is 0 Å². The second kappa shape index (κ2) is 5.63. The minimum Gasteiger partial charge on any atom is -0.391 e. The van der Waals surface area contributed by atoms with Gasteiger partial charge >= 0.3 is 0 Å². The van der Waals surface area contributed by atoms with Gasteiger partial charge in [0, 0.05) is 23.8 Å². The third-order valence-electron chi connectivity index (χ3n) is 7.88. The highest BCUT2D eigenvalue weighted by atomic mass is 32.1. The van der Waals surface area contributed by atoms with E-state index in [9.17, 15) is 20.1 Å². The van der Waals surface area contributed by atoms with Gasteiger partial charge in [0.15, 0.2) is 10.9 Å². The fraction of sp³-hybridized carbons (Fsp3) is 0.700. The molecule has 0 aliphatic heterocycles. The monoisotopic (exact) mass is 390 g/mol. The molecule has 0 amide bonds. The largest absolute Gasteiger partial charge is 0.391 e. The number of aromatic nitrogens is 1. The Balaban J connectivity index is 1.72. The van der Waals surface area contributed by atoms with Crippen molar-refractivity contribution < 1.29 is 20.1 Å². The summed E-state index contributed by atoms with van der Waals surface area (Å²) in [6, 6.07) is 0. The summed E-state index contributed by atoms with van der Waals surface area (Å²) in [6.07, 6.45) is -1.07. The van der Waals surface area contributed by atoms with Crippen molar-refractivity contribution in [2.75, 3.05) is 12.4 Å². The van der Waals surface area contributed by atoms with Gasteiger partial charge in [-0.25, -0.2) is 4.98 Å². The molecule has 3 saturated carbocycles. The van der Waals surface area contributed by atoms with E-state index < -0.39 is 23.7 Å². The van der Waals surface area contributed by atoms with Crippen LogP contribution in [0.5, 0.6) is 0 Å². The van der Waals surface area contributed by atoms with Gasteiger partial charge < -0.3 is 20.6 Å². The molecule has 1 heterocycles. The summed E-state index contributed by atoms with van der Waals surface area (Å²) in [5.41, 5.74) is 0.00456. The number of hydrogen-bond acceptors (Lipinski definition) is 7. The van der Waals surface area contributed by atoms with Gasteiger partial charge in [0.1, 0.15) is 0 Å². The minimum atomic E-state index is -1.35. The molecule has 0 saturated heterocycles. The standard InChI is InChI=1S/C20H26N2O4S/c1-7-6-11-14(22-19(21-3)27-11)13-10-5-4-9-8(2)16(24)20(10,17(9)25)18(26)15(23)12(7)13/h7,9-10,12-13,15,17-18,23,25-26H,2,4-6H2,1,3H3,(H,21,22). The molecule has 1 aromatic rings. The Bertz CT molecular complexity index is 838. The van der Waals surface area contributed by atoms with Crippen molar-refractivity contribution in [3.63, 3.8) is 0 Å². The lowest BCUT2D eigenvalue weighted by Crippen LogP contribution is -2.67. The van der Waals surface area contributed by atoms with Gasteiger partial charge in [-0.3, -0.25) is 4.79 Å². The maximum Gasteiger partial charge on any atom is 0.182 e. The van der Waals surface area contributed by atoms with E-state index in [1.165, 1.54) is 4.88 Å². The Labute approximate surface area is 162 Å². The second-order valence-electron chi connectivity index (χ2n) is 8.82. The van der Waals surface area contributed by atoms with Crippen molar-refractivity contribution in [1.82, 2.24) is 4.98 Å². The smallest absolute Gasteiger partial charge is 0.182 e. The highest BCUT2D eigenvalue weighted by Crippen LogP contribution is 2.66. The summed E-state index contributed by atoms with van der Waals surface area (Å²) in [4.78, 5) is 19.3. The number of carbonyl (C=O) groups is 1. The molecule has 1 spiro atoms. The number of nitrogens with zero attached hydrogens (tertiary/aromatic N) is 1.